The molecule has 0 bridgehead atoms. The van der Waals surface area contributed by atoms with Crippen molar-refractivity contribution in [3.63, 3.8) is 0 Å². The van der Waals surface area contributed by atoms with Gasteiger partial charge in [0.05, 0.1) is 13.2 Å². The predicted molar refractivity (Wildman–Crippen MR) is 124 cm³/mol. The summed E-state index contributed by atoms with van der Waals surface area (Å²) >= 11 is 3.42. The van der Waals surface area contributed by atoms with Crippen LogP contribution in [0.4, 0.5) is 0 Å². The quantitative estimate of drug-likeness (QED) is 0.345. The van der Waals surface area contributed by atoms with Crippen LogP contribution >= 0.6 is 15.9 Å². The van der Waals surface area contributed by atoms with Crippen molar-refractivity contribution in [2.75, 3.05) is 26.9 Å². The zero-order valence-electron chi connectivity index (χ0n) is 19.8. The average Bonchev–Trinajstić information content (AvgIpc) is 2.80. The molecule has 0 aliphatic carbocycles. The second kappa shape index (κ2) is 15.3. The second-order valence-electron chi connectivity index (χ2n) is 7.85. The average molecular weight is 504 g/mol. The minimum Gasteiger partial charge on any atom is -0.387 e. The Balaban J connectivity index is 1.93. The molecular formula is C24H39BrO6. The van der Waals surface area contributed by atoms with E-state index in [1.165, 1.54) is 19.3 Å². The highest BCUT2D eigenvalue weighted by atomic mass is 79.9. The maximum atomic E-state index is 11.0. The smallest absolute Gasteiger partial charge is 0.186 e. The van der Waals surface area contributed by atoms with Gasteiger partial charge < -0.3 is 28.8 Å². The summed E-state index contributed by atoms with van der Waals surface area (Å²) in [4.78, 5) is 0. The Morgan fingerprint density at radius 1 is 1.03 bits per heavy atom. The molecule has 0 radical (unpaired) electrons. The summed E-state index contributed by atoms with van der Waals surface area (Å²) in [6.07, 6.45) is 2.97. The van der Waals surface area contributed by atoms with Gasteiger partial charge in [0.1, 0.15) is 24.4 Å². The molecule has 1 aromatic rings. The fourth-order valence-corrected chi connectivity index (χ4v) is 3.87. The molecule has 7 heteroatoms. The van der Waals surface area contributed by atoms with Gasteiger partial charge in [-0.3, -0.25) is 0 Å². The van der Waals surface area contributed by atoms with Crippen molar-refractivity contribution in [1.82, 2.24) is 0 Å². The highest BCUT2D eigenvalue weighted by molar-refractivity contribution is 9.10. The molecule has 1 unspecified atom stereocenters. The summed E-state index contributed by atoms with van der Waals surface area (Å²) < 4.78 is 37.8. The van der Waals surface area contributed by atoms with Crippen LogP contribution in [0.3, 0.4) is 0 Å². The van der Waals surface area contributed by atoms with Crippen molar-refractivity contribution in [1.29, 1.82) is 0 Å². The van der Waals surface area contributed by atoms with Gasteiger partial charge in [-0.1, -0.05) is 67.6 Å². The van der Waals surface area contributed by atoms with Crippen LogP contribution in [-0.2, 0) is 30.3 Å². The molecule has 1 heterocycles. The molecule has 1 aliphatic rings. The Labute approximate surface area is 197 Å². The minimum absolute atomic E-state index is 0.207. The number of benzene rings is 1. The number of unbranched alkanes of at least 4 members (excludes halogenated alkanes) is 4. The first-order valence-corrected chi connectivity index (χ1v) is 12.1. The van der Waals surface area contributed by atoms with E-state index in [0.717, 1.165) is 22.9 Å². The van der Waals surface area contributed by atoms with E-state index in [-0.39, 0.29) is 13.5 Å². The third kappa shape index (κ3) is 9.08. The van der Waals surface area contributed by atoms with Crippen molar-refractivity contribution in [2.45, 2.75) is 89.7 Å². The summed E-state index contributed by atoms with van der Waals surface area (Å²) in [7, 11) is 1.57. The molecule has 0 saturated carbocycles. The number of methoxy groups -OCH3 is 1. The lowest BCUT2D eigenvalue weighted by Gasteiger charge is -2.43. The maximum absolute atomic E-state index is 11.0. The highest BCUT2D eigenvalue weighted by Gasteiger charge is 2.47. The van der Waals surface area contributed by atoms with Gasteiger partial charge in [-0.05, 0) is 30.5 Å². The number of rotatable bonds is 15. The van der Waals surface area contributed by atoms with Crippen molar-refractivity contribution < 1.29 is 30.2 Å². The van der Waals surface area contributed by atoms with E-state index in [1.807, 2.05) is 24.3 Å². The lowest BCUT2D eigenvalue weighted by molar-refractivity contribution is -0.312. The fraction of sp³-hybridized carbons (Fsp3) is 0.750. The van der Waals surface area contributed by atoms with Crippen LogP contribution in [-0.4, -0.2) is 62.7 Å². The minimum atomic E-state index is -0.915. The van der Waals surface area contributed by atoms with Gasteiger partial charge in [0.25, 0.3) is 0 Å². The third-order valence-electron chi connectivity index (χ3n) is 5.33. The van der Waals surface area contributed by atoms with E-state index in [2.05, 4.69) is 22.9 Å². The number of ether oxygens (including phenoxy) is 5. The van der Waals surface area contributed by atoms with E-state index in [1.54, 1.807) is 7.11 Å². The summed E-state index contributed by atoms with van der Waals surface area (Å²) in [5.41, 5.74) is 1.04. The third-order valence-corrected chi connectivity index (χ3v) is 5.86. The molecular weight excluding hydrogens is 464 g/mol. The highest BCUT2D eigenvalue weighted by Crippen LogP contribution is 2.27. The standard InChI is InChI=1S/C24H39BrO6/c1-4-6-7-8-9-15-30-23-22(29-14-5-2)21(26)20(31-24(23)27-3)17-28-16-18-10-12-19(25)13-11-18/h10-13,20-24,26H,4-9,14-17H2,1-3H3/t20-,21-,22+,23-,24?/m1/s1/i2D. The molecule has 6 nitrogen and oxygen atoms in total. The SMILES string of the molecule is [2H]CCCO[C@H]1[C@H](O)[C@@H](COCc2ccc(Br)cc2)OC(OC)[C@@H]1OCCCCCCC. The molecule has 0 spiro atoms. The summed E-state index contributed by atoms with van der Waals surface area (Å²) in [5.74, 6) is 0. The molecule has 1 fully saturated rings. The van der Waals surface area contributed by atoms with Gasteiger partial charge in [0.15, 0.2) is 6.29 Å². The van der Waals surface area contributed by atoms with Crippen LogP contribution in [0.5, 0.6) is 0 Å². The Morgan fingerprint density at radius 2 is 1.77 bits per heavy atom. The fourth-order valence-electron chi connectivity index (χ4n) is 3.60. The van der Waals surface area contributed by atoms with Gasteiger partial charge in [-0.15, -0.1) is 0 Å². The molecule has 1 aromatic carbocycles. The zero-order chi connectivity index (χ0) is 23.2. The molecule has 178 valence electrons. The normalized spacial score (nSPS) is 26.7. The molecule has 1 saturated heterocycles. The van der Waals surface area contributed by atoms with Crippen molar-refractivity contribution in [3.8, 4) is 0 Å². The van der Waals surface area contributed by atoms with Gasteiger partial charge in [-0.25, -0.2) is 0 Å². The van der Waals surface area contributed by atoms with Gasteiger partial charge >= 0.3 is 0 Å². The van der Waals surface area contributed by atoms with E-state index >= 15 is 0 Å². The van der Waals surface area contributed by atoms with Crippen molar-refractivity contribution >= 4 is 15.9 Å². The molecule has 2 rings (SSSR count). The van der Waals surface area contributed by atoms with Crippen LogP contribution in [0.15, 0.2) is 28.7 Å². The summed E-state index contributed by atoms with van der Waals surface area (Å²) in [6, 6.07) is 7.90. The second-order valence-corrected chi connectivity index (χ2v) is 8.77. The number of hydrogen-bond donors (Lipinski definition) is 1. The Bertz CT molecular complexity index is 605. The van der Waals surface area contributed by atoms with Crippen LogP contribution in [0, 0.1) is 0 Å². The van der Waals surface area contributed by atoms with E-state index in [0.29, 0.717) is 26.2 Å². The van der Waals surface area contributed by atoms with E-state index in [4.69, 9.17) is 25.1 Å². The molecule has 1 aliphatic heterocycles. The van der Waals surface area contributed by atoms with Gasteiger partial charge in [0.2, 0.25) is 0 Å². The van der Waals surface area contributed by atoms with Crippen LogP contribution in [0.25, 0.3) is 0 Å². The number of aliphatic hydroxyl groups is 1. The zero-order valence-corrected chi connectivity index (χ0v) is 20.4. The van der Waals surface area contributed by atoms with Crippen molar-refractivity contribution in [3.05, 3.63) is 34.3 Å². The molecule has 1 N–H and O–H groups in total. The number of aliphatic hydroxyl groups excluding tert-OH is 1. The largest absolute Gasteiger partial charge is 0.387 e. The topological polar surface area (TPSA) is 66.4 Å². The monoisotopic (exact) mass is 503 g/mol. The first-order chi connectivity index (χ1) is 15.6. The summed E-state index contributed by atoms with van der Waals surface area (Å²) in [6.45, 7) is 4.03. The molecule has 0 aromatic heterocycles. The van der Waals surface area contributed by atoms with E-state index in [9.17, 15) is 5.11 Å². The molecule has 5 atom stereocenters. The van der Waals surface area contributed by atoms with Crippen LogP contribution in [0.2, 0.25) is 0 Å². The lowest BCUT2D eigenvalue weighted by atomic mass is 9.98. The Hall–Kier alpha value is -0.540. The van der Waals surface area contributed by atoms with Gasteiger partial charge in [0, 0.05) is 26.2 Å². The number of hydrogen-bond acceptors (Lipinski definition) is 6. The molecule has 0 amide bonds. The number of halogens is 1. The first-order valence-electron chi connectivity index (χ1n) is 12.0. The Kier molecular flexibility index (Phi) is 12.4. The molecule has 31 heavy (non-hydrogen) atoms. The predicted octanol–water partition coefficient (Wildman–Crippen LogP) is 4.85. The van der Waals surface area contributed by atoms with Crippen LogP contribution < -0.4 is 0 Å². The van der Waals surface area contributed by atoms with Crippen molar-refractivity contribution in [2.24, 2.45) is 0 Å². The Morgan fingerprint density at radius 3 is 2.48 bits per heavy atom. The van der Waals surface area contributed by atoms with Crippen LogP contribution in [0.1, 0.15) is 59.3 Å². The lowest BCUT2D eigenvalue weighted by Crippen LogP contribution is -2.61. The summed E-state index contributed by atoms with van der Waals surface area (Å²) in [5, 5.41) is 11.0. The van der Waals surface area contributed by atoms with Gasteiger partial charge in [-0.2, -0.15) is 0 Å². The maximum Gasteiger partial charge on any atom is 0.186 e. The first kappa shape index (κ1) is 25.1. The van der Waals surface area contributed by atoms with E-state index < -0.39 is 30.7 Å².